The van der Waals surface area contributed by atoms with Gasteiger partial charge in [0.05, 0.1) is 23.8 Å². The molecule has 0 aliphatic carbocycles. The minimum atomic E-state index is -3.93. The van der Waals surface area contributed by atoms with Crippen LogP contribution >= 0.6 is 0 Å². The van der Waals surface area contributed by atoms with Crippen LogP contribution in [-0.2, 0) is 14.8 Å². The lowest BCUT2D eigenvalue weighted by Gasteiger charge is -2.35. The molecular formula is C22H26N4O6S. The SMILES string of the molecule is O=C(NC1CCN(c2ccc([N+](=O)[O-])cc2S(=O)(=O)N2CCOCC2)CC1)c1ccccc1. The maximum Gasteiger partial charge on any atom is 0.270 e. The number of piperidine rings is 1. The number of rotatable bonds is 6. The summed E-state index contributed by atoms with van der Waals surface area (Å²) in [5.41, 5.74) is 0.768. The fourth-order valence-electron chi connectivity index (χ4n) is 4.13. The number of anilines is 1. The number of morpholine rings is 1. The number of nitro benzene ring substituents is 1. The van der Waals surface area contributed by atoms with Crippen LogP contribution in [0.25, 0.3) is 0 Å². The summed E-state index contributed by atoms with van der Waals surface area (Å²) in [6.45, 7) is 2.02. The number of benzene rings is 2. The van der Waals surface area contributed by atoms with E-state index in [-0.39, 0.29) is 48.8 Å². The Bertz CT molecular complexity index is 1110. The van der Waals surface area contributed by atoms with Crippen molar-refractivity contribution in [1.82, 2.24) is 9.62 Å². The van der Waals surface area contributed by atoms with E-state index >= 15 is 0 Å². The number of sulfonamides is 1. The Morgan fingerprint density at radius 1 is 1.03 bits per heavy atom. The van der Waals surface area contributed by atoms with Gasteiger partial charge in [-0.3, -0.25) is 14.9 Å². The first kappa shape index (κ1) is 23.1. The maximum atomic E-state index is 13.4. The normalized spacial score (nSPS) is 18.1. The molecule has 2 aromatic rings. The second-order valence-corrected chi connectivity index (χ2v) is 9.93. The molecule has 2 aliphatic rings. The van der Waals surface area contributed by atoms with Crippen LogP contribution < -0.4 is 10.2 Å². The molecule has 0 aromatic heterocycles. The van der Waals surface area contributed by atoms with E-state index in [0.717, 1.165) is 6.07 Å². The number of hydrogen-bond acceptors (Lipinski definition) is 7. The number of ether oxygens (including phenoxy) is 1. The van der Waals surface area contributed by atoms with Crippen LogP contribution in [-0.4, -0.2) is 69.0 Å². The van der Waals surface area contributed by atoms with Gasteiger partial charge >= 0.3 is 0 Å². The highest BCUT2D eigenvalue weighted by molar-refractivity contribution is 7.89. The third-order valence-electron chi connectivity index (χ3n) is 5.95. The lowest BCUT2D eigenvalue weighted by molar-refractivity contribution is -0.385. The first-order valence-corrected chi connectivity index (χ1v) is 12.3. The quantitative estimate of drug-likeness (QED) is 0.502. The number of nitrogens with zero attached hydrogens (tertiary/aromatic N) is 3. The fourth-order valence-corrected chi connectivity index (χ4v) is 5.77. The summed E-state index contributed by atoms with van der Waals surface area (Å²) in [6.07, 6.45) is 1.26. The van der Waals surface area contributed by atoms with Crippen LogP contribution in [0, 0.1) is 10.1 Å². The van der Waals surface area contributed by atoms with E-state index in [1.807, 2.05) is 23.1 Å². The van der Waals surface area contributed by atoms with Gasteiger partial charge in [0.2, 0.25) is 10.0 Å². The van der Waals surface area contributed by atoms with Gasteiger partial charge in [-0.2, -0.15) is 4.31 Å². The molecule has 2 aliphatic heterocycles. The van der Waals surface area contributed by atoms with Crippen molar-refractivity contribution in [3.05, 3.63) is 64.2 Å². The van der Waals surface area contributed by atoms with Gasteiger partial charge in [0, 0.05) is 49.9 Å². The first-order chi connectivity index (χ1) is 15.9. The molecule has 0 saturated carbocycles. The molecule has 4 rings (SSSR count). The summed E-state index contributed by atoms with van der Waals surface area (Å²) >= 11 is 0. The van der Waals surface area contributed by atoms with Crippen molar-refractivity contribution < 1.29 is 22.9 Å². The van der Waals surface area contributed by atoms with Crippen LogP contribution in [0.1, 0.15) is 23.2 Å². The molecule has 1 amide bonds. The molecule has 0 radical (unpaired) electrons. The number of non-ortho nitro benzene ring substituents is 1. The van der Waals surface area contributed by atoms with Crippen molar-refractivity contribution in [3.8, 4) is 0 Å². The summed E-state index contributed by atoms with van der Waals surface area (Å²) in [7, 11) is -3.93. The van der Waals surface area contributed by atoms with Crippen molar-refractivity contribution in [2.24, 2.45) is 0 Å². The van der Waals surface area contributed by atoms with E-state index < -0.39 is 14.9 Å². The smallest absolute Gasteiger partial charge is 0.270 e. The van der Waals surface area contributed by atoms with E-state index in [2.05, 4.69) is 5.32 Å². The standard InChI is InChI=1S/C22H26N4O6S/c27-22(17-4-2-1-3-5-17)23-18-8-10-24(11-9-18)20-7-6-19(26(28)29)16-21(20)33(30,31)25-12-14-32-15-13-25/h1-7,16,18H,8-15H2,(H,23,27). The molecule has 2 heterocycles. The molecule has 0 unspecified atom stereocenters. The summed E-state index contributed by atoms with van der Waals surface area (Å²) in [5.74, 6) is -0.139. The Balaban J connectivity index is 1.52. The zero-order valence-corrected chi connectivity index (χ0v) is 18.9. The minimum Gasteiger partial charge on any atom is -0.379 e. The Hall–Kier alpha value is -3.02. The van der Waals surface area contributed by atoms with Gasteiger partial charge in [0.15, 0.2) is 0 Å². The molecule has 2 fully saturated rings. The van der Waals surface area contributed by atoms with Gasteiger partial charge in [-0.15, -0.1) is 0 Å². The molecule has 0 atom stereocenters. The van der Waals surface area contributed by atoms with Crippen molar-refractivity contribution in [3.63, 3.8) is 0 Å². The maximum absolute atomic E-state index is 13.4. The third-order valence-corrected chi connectivity index (χ3v) is 7.88. The fraction of sp³-hybridized carbons (Fsp3) is 0.409. The van der Waals surface area contributed by atoms with Crippen LogP contribution in [0.5, 0.6) is 0 Å². The van der Waals surface area contributed by atoms with E-state index in [1.54, 1.807) is 12.1 Å². The zero-order chi connectivity index (χ0) is 23.4. The molecule has 0 spiro atoms. The Morgan fingerprint density at radius 3 is 2.33 bits per heavy atom. The molecule has 2 saturated heterocycles. The predicted molar refractivity (Wildman–Crippen MR) is 122 cm³/mol. The van der Waals surface area contributed by atoms with Gasteiger partial charge in [-0.25, -0.2) is 8.42 Å². The zero-order valence-electron chi connectivity index (χ0n) is 18.1. The Kier molecular flexibility index (Phi) is 6.91. The topological polar surface area (TPSA) is 122 Å². The predicted octanol–water partition coefficient (Wildman–Crippen LogP) is 2.01. The molecule has 1 N–H and O–H groups in total. The van der Waals surface area contributed by atoms with Gasteiger partial charge in [-0.1, -0.05) is 18.2 Å². The van der Waals surface area contributed by atoms with Crippen molar-refractivity contribution in [2.75, 3.05) is 44.3 Å². The lowest BCUT2D eigenvalue weighted by atomic mass is 10.0. The second-order valence-electron chi connectivity index (χ2n) is 8.03. The molecule has 10 nitrogen and oxygen atoms in total. The number of hydrogen-bond donors (Lipinski definition) is 1. The molecular weight excluding hydrogens is 448 g/mol. The van der Waals surface area contributed by atoms with Crippen molar-refractivity contribution in [2.45, 2.75) is 23.8 Å². The Morgan fingerprint density at radius 2 is 1.70 bits per heavy atom. The average Bonchev–Trinajstić information content (AvgIpc) is 2.85. The second kappa shape index (κ2) is 9.86. The molecule has 0 bridgehead atoms. The summed E-state index contributed by atoms with van der Waals surface area (Å²) in [6, 6.07) is 12.9. The average molecular weight is 475 g/mol. The number of carbonyl (C=O) groups excluding carboxylic acids is 1. The number of nitro groups is 1. The molecule has 2 aromatic carbocycles. The first-order valence-electron chi connectivity index (χ1n) is 10.8. The van der Waals surface area contributed by atoms with Crippen LogP contribution in [0.15, 0.2) is 53.4 Å². The van der Waals surface area contributed by atoms with E-state index in [9.17, 15) is 23.3 Å². The Labute approximate surface area is 192 Å². The highest BCUT2D eigenvalue weighted by Gasteiger charge is 2.33. The van der Waals surface area contributed by atoms with E-state index in [0.29, 0.717) is 37.2 Å². The number of amides is 1. The third kappa shape index (κ3) is 5.15. The number of carbonyl (C=O) groups is 1. The summed E-state index contributed by atoms with van der Waals surface area (Å²) < 4.78 is 33.3. The van der Waals surface area contributed by atoms with Crippen LogP contribution in [0.2, 0.25) is 0 Å². The molecule has 11 heteroatoms. The summed E-state index contributed by atoms with van der Waals surface area (Å²) in [4.78, 5) is 25.0. The van der Waals surface area contributed by atoms with Gasteiger partial charge in [-0.05, 0) is 31.0 Å². The largest absolute Gasteiger partial charge is 0.379 e. The van der Waals surface area contributed by atoms with Crippen molar-refractivity contribution >= 4 is 27.3 Å². The van der Waals surface area contributed by atoms with E-state index in [1.165, 1.54) is 16.4 Å². The highest BCUT2D eigenvalue weighted by atomic mass is 32.2. The van der Waals surface area contributed by atoms with Crippen LogP contribution in [0.4, 0.5) is 11.4 Å². The minimum absolute atomic E-state index is 0.0358. The van der Waals surface area contributed by atoms with Gasteiger partial charge < -0.3 is 15.0 Å². The number of nitrogens with one attached hydrogen (secondary N) is 1. The molecule has 33 heavy (non-hydrogen) atoms. The lowest BCUT2D eigenvalue weighted by Crippen LogP contribution is -2.45. The highest BCUT2D eigenvalue weighted by Crippen LogP contribution is 2.33. The monoisotopic (exact) mass is 474 g/mol. The van der Waals surface area contributed by atoms with Crippen molar-refractivity contribution in [1.29, 1.82) is 0 Å². The molecule has 176 valence electrons. The summed E-state index contributed by atoms with van der Waals surface area (Å²) in [5, 5.41) is 14.4. The van der Waals surface area contributed by atoms with Crippen LogP contribution in [0.3, 0.4) is 0 Å². The van der Waals surface area contributed by atoms with Gasteiger partial charge in [0.1, 0.15) is 4.90 Å². The van der Waals surface area contributed by atoms with E-state index in [4.69, 9.17) is 4.74 Å². The van der Waals surface area contributed by atoms with Gasteiger partial charge in [0.25, 0.3) is 11.6 Å².